The highest BCUT2D eigenvalue weighted by molar-refractivity contribution is 14.1. The molecule has 1 aromatic carbocycles. The lowest BCUT2D eigenvalue weighted by Crippen LogP contribution is -2.34. The van der Waals surface area contributed by atoms with Gasteiger partial charge in [-0.05, 0) is 54.0 Å². The zero-order valence-corrected chi connectivity index (χ0v) is 10.4. The second-order valence-electron chi connectivity index (χ2n) is 4.07. The van der Waals surface area contributed by atoms with Gasteiger partial charge in [-0.2, -0.15) is 0 Å². The van der Waals surface area contributed by atoms with Gasteiger partial charge in [-0.3, -0.25) is 0 Å². The largest absolute Gasteiger partial charge is 0.494 e. The van der Waals surface area contributed by atoms with Gasteiger partial charge in [0.25, 0.3) is 0 Å². The monoisotopic (exact) mass is 302 g/mol. The van der Waals surface area contributed by atoms with Crippen molar-refractivity contribution in [1.29, 1.82) is 0 Å². The van der Waals surface area contributed by atoms with Crippen molar-refractivity contribution < 1.29 is 9.31 Å². The molecule has 74 valence electrons. The van der Waals surface area contributed by atoms with Gasteiger partial charge < -0.3 is 9.31 Å². The molecule has 0 aromatic heterocycles. The molecule has 0 aliphatic carbocycles. The summed E-state index contributed by atoms with van der Waals surface area (Å²) in [7, 11) is -0.193. The van der Waals surface area contributed by atoms with Crippen LogP contribution >= 0.6 is 22.6 Å². The van der Waals surface area contributed by atoms with Gasteiger partial charge in [0.2, 0.25) is 0 Å². The highest BCUT2D eigenvalue weighted by atomic mass is 127. The van der Waals surface area contributed by atoms with E-state index in [1.807, 2.05) is 26.0 Å². The zero-order valence-electron chi connectivity index (χ0n) is 8.29. The Hall–Kier alpha value is -0.0651. The summed E-state index contributed by atoms with van der Waals surface area (Å²) in [4.78, 5) is 0. The summed E-state index contributed by atoms with van der Waals surface area (Å²) in [5, 5.41) is 0. The quantitative estimate of drug-likeness (QED) is 0.582. The van der Waals surface area contributed by atoms with Gasteiger partial charge in [-0.25, -0.2) is 0 Å². The van der Waals surface area contributed by atoms with Crippen molar-refractivity contribution in [2.24, 2.45) is 0 Å². The number of rotatable bonds is 1. The molecule has 0 radical (unpaired) electrons. The van der Waals surface area contributed by atoms with Crippen LogP contribution in [0, 0.1) is 3.57 Å². The van der Waals surface area contributed by atoms with Gasteiger partial charge in [-0.1, -0.05) is 12.1 Å². The van der Waals surface area contributed by atoms with E-state index in [9.17, 15) is 0 Å². The summed E-state index contributed by atoms with van der Waals surface area (Å²) in [6.45, 7) is 4.74. The molecule has 1 saturated heterocycles. The maximum Gasteiger partial charge on any atom is 0.494 e. The van der Waals surface area contributed by atoms with Crippen LogP contribution in [0.4, 0.5) is 0 Å². The molecule has 0 N–H and O–H groups in total. The normalized spacial score (nSPS) is 20.1. The first-order valence-electron chi connectivity index (χ1n) is 4.62. The fraction of sp³-hybridized carbons (Fsp3) is 0.400. The van der Waals surface area contributed by atoms with E-state index in [0.29, 0.717) is 6.61 Å². The van der Waals surface area contributed by atoms with Crippen molar-refractivity contribution >= 4 is 35.2 Å². The Kier molecular flexibility index (Phi) is 2.86. The minimum absolute atomic E-state index is 0.159. The summed E-state index contributed by atoms with van der Waals surface area (Å²) in [6.07, 6.45) is 0. The van der Waals surface area contributed by atoms with Gasteiger partial charge in [-0.15, -0.1) is 0 Å². The Morgan fingerprint density at radius 3 is 2.43 bits per heavy atom. The van der Waals surface area contributed by atoms with Gasteiger partial charge in [0.15, 0.2) is 0 Å². The Bertz CT molecular complexity index is 323. The van der Waals surface area contributed by atoms with E-state index in [4.69, 9.17) is 9.31 Å². The lowest BCUT2D eigenvalue weighted by molar-refractivity contribution is 0.137. The minimum Gasteiger partial charge on any atom is -0.404 e. The second-order valence-corrected chi connectivity index (χ2v) is 5.32. The molecule has 0 saturated carbocycles. The molecule has 1 aliphatic heterocycles. The molecule has 4 heteroatoms. The van der Waals surface area contributed by atoms with Crippen molar-refractivity contribution in [1.82, 2.24) is 0 Å². The maximum atomic E-state index is 5.75. The smallest absolute Gasteiger partial charge is 0.404 e. The van der Waals surface area contributed by atoms with E-state index >= 15 is 0 Å². The van der Waals surface area contributed by atoms with E-state index in [0.717, 1.165) is 5.46 Å². The Labute approximate surface area is 98.3 Å². The molecule has 0 atom stereocenters. The van der Waals surface area contributed by atoms with Crippen molar-refractivity contribution in [3.05, 3.63) is 27.8 Å². The Morgan fingerprint density at radius 2 is 1.93 bits per heavy atom. The molecule has 14 heavy (non-hydrogen) atoms. The van der Waals surface area contributed by atoms with E-state index in [1.165, 1.54) is 3.57 Å². The standard InChI is InChI=1S/C10H12BIO2/c1-10(2)7-13-11(14-10)8-3-5-9(12)6-4-8/h3-6H,7H2,1-2H3. The number of hydrogen-bond donors (Lipinski definition) is 0. The SMILES string of the molecule is CC1(C)COB(c2ccc(I)cc2)O1. The van der Waals surface area contributed by atoms with Crippen LogP contribution in [0.25, 0.3) is 0 Å². The Morgan fingerprint density at radius 1 is 1.29 bits per heavy atom. The van der Waals surface area contributed by atoms with Crippen LogP contribution in [0.3, 0.4) is 0 Å². The topological polar surface area (TPSA) is 18.5 Å². The minimum atomic E-state index is -0.193. The van der Waals surface area contributed by atoms with Crippen molar-refractivity contribution in [2.75, 3.05) is 6.61 Å². The van der Waals surface area contributed by atoms with Crippen LogP contribution in [0.15, 0.2) is 24.3 Å². The molecule has 0 bridgehead atoms. The average molecular weight is 302 g/mol. The lowest BCUT2D eigenvalue weighted by Gasteiger charge is -2.15. The van der Waals surface area contributed by atoms with Gasteiger partial charge in [0.05, 0.1) is 12.2 Å². The van der Waals surface area contributed by atoms with Gasteiger partial charge >= 0.3 is 7.12 Å². The maximum absolute atomic E-state index is 5.75. The zero-order chi connectivity index (χ0) is 10.2. The second kappa shape index (κ2) is 3.83. The fourth-order valence-electron chi connectivity index (χ4n) is 1.42. The number of benzene rings is 1. The number of halogens is 1. The first-order valence-corrected chi connectivity index (χ1v) is 5.70. The number of hydrogen-bond acceptors (Lipinski definition) is 2. The molecule has 2 nitrogen and oxygen atoms in total. The predicted octanol–water partition coefficient (Wildman–Crippen LogP) is 1.81. The average Bonchev–Trinajstić information content (AvgIpc) is 2.47. The molecule has 1 fully saturated rings. The lowest BCUT2D eigenvalue weighted by atomic mass is 9.79. The molecule has 2 rings (SSSR count). The molecule has 0 amide bonds. The van der Waals surface area contributed by atoms with Crippen LogP contribution in [0.1, 0.15) is 13.8 Å². The molecular formula is C10H12BIO2. The van der Waals surface area contributed by atoms with E-state index < -0.39 is 0 Å². The summed E-state index contributed by atoms with van der Waals surface area (Å²) in [6, 6.07) is 8.23. The van der Waals surface area contributed by atoms with Crippen molar-refractivity contribution in [2.45, 2.75) is 19.4 Å². The predicted molar refractivity (Wildman–Crippen MR) is 65.7 cm³/mol. The molecule has 0 spiro atoms. The molecule has 0 unspecified atom stereocenters. The van der Waals surface area contributed by atoms with Crippen LogP contribution < -0.4 is 5.46 Å². The van der Waals surface area contributed by atoms with Gasteiger partial charge in [0.1, 0.15) is 0 Å². The fourth-order valence-corrected chi connectivity index (χ4v) is 1.78. The van der Waals surface area contributed by atoms with Crippen LogP contribution in [0.2, 0.25) is 0 Å². The highest BCUT2D eigenvalue weighted by Crippen LogP contribution is 2.19. The van der Waals surface area contributed by atoms with E-state index in [2.05, 4.69) is 34.7 Å². The highest BCUT2D eigenvalue weighted by Gasteiger charge is 2.37. The summed E-state index contributed by atoms with van der Waals surface area (Å²) in [5.74, 6) is 0. The molecule has 1 aliphatic rings. The van der Waals surface area contributed by atoms with Crippen molar-refractivity contribution in [3.63, 3.8) is 0 Å². The summed E-state index contributed by atoms with van der Waals surface area (Å²) >= 11 is 2.28. The first-order chi connectivity index (χ1) is 6.57. The van der Waals surface area contributed by atoms with E-state index in [1.54, 1.807) is 0 Å². The van der Waals surface area contributed by atoms with E-state index in [-0.39, 0.29) is 12.7 Å². The van der Waals surface area contributed by atoms with Crippen LogP contribution in [-0.2, 0) is 9.31 Å². The third kappa shape index (κ3) is 2.30. The molecule has 1 heterocycles. The van der Waals surface area contributed by atoms with Gasteiger partial charge in [0, 0.05) is 3.57 Å². The van der Waals surface area contributed by atoms with Crippen LogP contribution in [-0.4, -0.2) is 19.3 Å². The van der Waals surface area contributed by atoms with Crippen molar-refractivity contribution in [3.8, 4) is 0 Å². The Balaban J connectivity index is 2.14. The summed E-state index contributed by atoms with van der Waals surface area (Å²) in [5.41, 5.74) is 0.934. The third-order valence-electron chi connectivity index (χ3n) is 2.15. The molecule has 1 aromatic rings. The third-order valence-corrected chi connectivity index (χ3v) is 2.87. The first kappa shape index (κ1) is 10.5. The van der Waals surface area contributed by atoms with Crippen LogP contribution in [0.5, 0.6) is 0 Å². The summed E-state index contributed by atoms with van der Waals surface area (Å²) < 4.78 is 12.5. The molecular weight excluding hydrogens is 290 g/mol.